The van der Waals surface area contributed by atoms with E-state index < -0.39 is 5.82 Å². The van der Waals surface area contributed by atoms with Crippen molar-refractivity contribution < 1.29 is 4.39 Å². The van der Waals surface area contributed by atoms with E-state index in [1.54, 1.807) is 46.0 Å². The van der Waals surface area contributed by atoms with Crippen LogP contribution in [0.1, 0.15) is 11.1 Å². The number of aromatic nitrogens is 9. The zero-order valence-corrected chi connectivity index (χ0v) is 21.0. The summed E-state index contributed by atoms with van der Waals surface area (Å²) in [5.41, 5.74) is 6.64. The molecule has 4 aromatic heterocycles. The van der Waals surface area contributed by atoms with Gasteiger partial charge in [0.15, 0.2) is 5.82 Å². The van der Waals surface area contributed by atoms with Crippen LogP contribution >= 0.6 is 0 Å². The van der Waals surface area contributed by atoms with Crippen molar-refractivity contribution in [3.63, 3.8) is 0 Å². The van der Waals surface area contributed by atoms with E-state index in [9.17, 15) is 10.1 Å². The van der Waals surface area contributed by atoms with E-state index >= 15 is 4.39 Å². The second-order valence-corrected chi connectivity index (χ2v) is 9.33. The van der Waals surface area contributed by atoms with Gasteiger partial charge in [-0.3, -0.25) is 9.36 Å². The molecule has 0 aliphatic carbocycles. The molecule has 0 fully saturated rings. The van der Waals surface area contributed by atoms with E-state index in [4.69, 9.17) is 0 Å². The van der Waals surface area contributed by atoms with Gasteiger partial charge in [-0.15, -0.1) is 5.10 Å². The maximum absolute atomic E-state index is 15.3. The van der Waals surface area contributed by atoms with Gasteiger partial charge in [0.05, 0.1) is 51.8 Å². The average molecular weight is 531 g/mol. The van der Waals surface area contributed by atoms with E-state index in [-0.39, 0.29) is 11.2 Å². The number of aromatic amines is 2. The molecule has 0 spiro atoms. The normalized spacial score (nSPS) is 11.4. The first kappa shape index (κ1) is 23.3. The van der Waals surface area contributed by atoms with Crippen LogP contribution in [-0.4, -0.2) is 44.5 Å². The Morgan fingerprint density at radius 1 is 0.950 bits per heavy atom. The summed E-state index contributed by atoms with van der Waals surface area (Å²) in [5, 5.41) is 26.5. The van der Waals surface area contributed by atoms with Gasteiger partial charge in [-0.2, -0.15) is 15.5 Å². The minimum atomic E-state index is -0.517. The summed E-state index contributed by atoms with van der Waals surface area (Å²) < 4.78 is 20.4. The number of fused-ring (bicyclic) bond motifs is 2. The number of nitrogens with one attached hydrogen (secondary N) is 2. The molecule has 0 amide bonds. The molecule has 0 bridgehead atoms. The smallest absolute Gasteiger partial charge is 0.306 e. The number of rotatable bonds is 5. The van der Waals surface area contributed by atoms with Crippen molar-refractivity contribution in [3.8, 4) is 34.3 Å². The lowest BCUT2D eigenvalue weighted by atomic mass is 10.0. The van der Waals surface area contributed by atoms with Crippen molar-refractivity contribution in [2.24, 2.45) is 7.05 Å². The van der Waals surface area contributed by atoms with Gasteiger partial charge in [0, 0.05) is 30.6 Å². The van der Waals surface area contributed by atoms with Crippen LogP contribution < -0.4 is 5.69 Å². The molecule has 0 aliphatic heterocycles. The molecule has 7 rings (SSSR count). The Bertz CT molecular complexity index is 2170. The first-order valence-corrected chi connectivity index (χ1v) is 12.3. The Hall–Kier alpha value is -5.83. The number of hydrogen-bond donors (Lipinski definition) is 2. The molecule has 11 nitrogen and oxygen atoms in total. The minimum Gasteiger partial charge on any atom is -0.306 e. The van der Waals surface area contributed by atoms with Gasteiger partial charge in [-0.25, -0.2) is 13.9 Å². The SMILES string of the molecule is Cn1nccc1-c1cc(C#N)ccc1Cn1nccc1-c1cc(F)c2nnn(-c3ccc4[nH]c(=O)[nH]c4c3)c2c1. The third kappa shape index (κ3) is 3.76. The zero-order chi connectivity index (χ0) is 27.4. The fourth-order valence-electron chi connectivity index (χ4n) is 5.00. The molecule has 4 heterocycles. The Morgan fingerprint density at radius 3 is 2.60 bits per heavy atom. The Labute approximate surface area is 224 Å². The molecule has 7 aromatic rings. The molecule has 2 N–H and O–H groups in total. The number of H-pyrrole nitrogens is 2. The molecule has 12 heteroatoms. The summed E-state index contributed by atoms with van der Waals surface area (Å²) in [6.45, 7) is 0.378. The quantitative estimate of drug-likeness (QED) is 0.346. The number of nitrogens with zero attached hydrogens (tertiary/aromatic N) is 8. The summed E-state index contributed by atoms with van der Waals surface area (Å²) in [6.07, 6.45) is 3.37. The van der Waals surface area contributed by atoms with E-state index in [0.717, 1.165) is 16.8 Å². The zero-order valence-electron chi connectivity index (χ0n) is 21.0. The van der Waals surface area contributed by atoms with Crippen LogP contribution in [0.15, 0.2) is 77.9 Å². The maximum Gasteiger partial charge on any atom is 0.323 e. The standard InChI is InChI=1S/C28H19FN10O/c1-37-25(7-8-31-37)20-10-16(14-30)2-3-17(20)15-38-24(6-9-32-38)18-11-21(29)27-26(12-18)39(36-35-27)19-4-5-22-23(13-19)34-28(40)33-22/h2-13H,15H2,1H3,(H2,33,34,40). The molecule has 0 atom stereocenters. The van der Waals surface area contributed by atoms with Crippen LogP contribution in [-0.2, 0) is 13.6 Å². The first-order chi connectivity index (χ1) is 19.5. The Balaban J connectivity index is 1.32. The van der Waals surface area contributed by atoms with Crippen molar-refractivity contribution in [1.29, 1.82) is 5.26 Å². The van der Waals surface area contributed by atoms with Gasteiger partial charge in [0.1, 0.15) is 5.52 Å². The molecular weight excluding hydrogens is 511 g/mol. The minimum absolute atomic E-state index is 0.128. The molecule has 3 aromatic carbocycles. The lowest BCUT2D eigenvalue weighted by Crippen LogP contribution is -2.07. The lowest BCUT2D eigenvalue weighted by molar-refractivity contribution is 0.635. The number of nitriles is 1. The van der Waals surface area contributed by atoms with E-state index in [1.165, 1.54) is 10.7 Å². The largest absolute Gasteiger partial charge is 0.323 e. The van der Waals surface area contributed by atoms with Gasteiger partial charge < -0.3 is 9.97 Å². The number of benzene rings is 3. The van der Waals surface area contributed by atoms with E-state index in [1.807, 2.05) is 37.4 Å². The second-order valence-electron chi connectivity index (χ2n) is 9.33. The highest BCUT2D eigenvalue weighted by Gasteiger charge is 2.18. The monoisotopic (exact) mass is 530 g/mol. The fourth-order valence-corrected chi connectivity index (χ4v) is 5.00. The molecule has 0 saturated carbocycles. The number of hydrogen-bond acceptors (Lipinski definition) is 6. The van der Waals surface area contributed by atoms with Crippen molar-refractivity contribution >= 4 is 22.1 Å². The van der Waals surface area contributed by atoms with Crippen LogP contribution in [0.3, 0.4) is 0 Å². The molecule has 0 saturated heterocycles. The van der Waals surface area contributed by atoms with Crippen molar-refractivity contribution in [2.45, 2.75) is 6.54 Å². The molecule has 0 unspecified atom stereocenters. The molecular formula is C28H19FN10O. The topological polar surface area (TPSA) is 139 Å². The summed E-state index contributed by atoms with van der Waals surface area (Å²) in [5.74, 6) is -0.517. The number of halogens is 1. The average Bonchev–Trinajstić information content (AvgIpc) is 3.74. The highest BCUT2D eigenvalue weighted by molar-refractivity contribution is 5.84. The van der Waals surface area contributed by atoms with Crippen LogP contribution in [0.5, 0.6) is 0 Å². The lowest BCUT2D eigenvalue weighted by Gasteiger charge is -2.13. The summed E-state index contributed by atoms with van der Waals surface area (Å²) >= 11 is 0. The number of imidazole rings is 1. The predicted molar refractivity (Wildman–Crippen MR) is 145 cm³/mol. The third-order valence-electron chi connectivity index (χ3n) is 6.92. The van der Waals surface area contributed by atoms with Crippen molar-refractivity contribution in [1.82, 2.24) is 44.5 Å². The van der Waals surface area contributed by atoms with Gasteiger partial charge in [0.25, 0.3) is 0 Å². The van der Waals surface area contributed by atoms with E-state index in [0.29, 0.717) is 45.6 Å². The maximum atomic E-state index is 15.3. The molecule has 0 aliphatic rings. The Kier molecular flexibility index (Phi) is 5.17. The van der Waals surface area contributed by atoms with Crippen LogP contribution in [0.25, 0.3) is 50.3 Å². The molecule has 40 heavy (non-hydrogen) atoms. The fraction of sp³-hybridized carbons (Fsp3) is 0.0714. The highest BCUT2D eigenvalue weighted by atomic mass is 19.1. The van der Waals surface area contributed by atoms with Crippen molar-refractivity contribution in [3.05, 3.63) is 100 Å². The first-order valence-electron chi connectivity index (χ1n) is 12.3. The van der Waals surface area contributed by atoms with Gasteiger partial charge >= 0.3 is 5.69 Å². The van der Waals surface area contributed by atoms with Crippen molar-refractivity contribution in [2.75, 3.05) is 0 Å². The van der Waals surface area contributed by atoms with Gasteiger partial charge in [-0.05, 0) is 60.2 Å². The van der Waals surface area contributed by atoms with Gasteiger partial charge in [-0.1, -0.05) is 11.3 Å². The molecule has 0 radical (unpaired) electrons. The van der Waals surface area contributed by atoms with Crippen LogP contribution in [0.2, 0.25) is 0 Å². The summed E-state index contributed by atoms with van der Waals surface area (Å²) in [6, 6.07) is 19.9. The predicted octanol–water partition coefficient (Wildman–Crippen LogP) is 3.91. The van der Waals surface area contributed by atoms with Gasteiger partial charge in [0.2, 0.25) is 0 Å². The van der Waals surface area contributed by atoms with E-state index in [2.05, 4.69) is 36.5 Å². The highest BCUT2D eigenvalue weighted by Crippen LogP contribution is 2.30. The summed E-state index contributed by atoms with van der Waals surface area (Å²) in [4.78, 5) is 17.1. The summed E-state index contributed by atoms with van der Waals surface area (Å²) in [7, 11) is 1.85. The van der Waals surface area contributed by atoms with Crippen LogP contribution in [0.4, 0.5) is 4.39 Å². The molecule has 194 valence electrons. The second kappa shape index (κ2) is 8.88. The van der Waals surface area contributed by atoms with Crippen LogP contribution in [0, 0.1) is 17.1 Å². The third-order valence-corrected chi connectivity index (χ3v) is 6.92. The number of aryl methyl sites for hydroxylation is 1. The Morgan fingerprint density at radius 2 is 1.77 bits per heavy atom.